The quantitative estimate of drug-likeness (QED) is 0.705. The van der Waals surface area contributed by atoms with Gasteiger partial charge >= 0.3 is 5.97 Å². The van der Waals surface area contributed by atoms with E-state index >= 15 is 0 Å². The van der Waals surface area contributed by atoms with Gasteiger partial charge in [-0.3, -0.25) is 13.8 Å². The molecule has 0 aliphatic carbocycles. The number of carbonyl (C=O) groups excluding carboxylic acids is 1. The minimum Gasteiger partial charge on any atom is -0.481 e. The van der Waals surface area contributed by atoms with Crippen molar-refractivity contribution in [2.24, 2.45) is 0 Å². The van der Waals surface area contributed by atoms with Crippen molar-refractivity contribution in [2.45, 2.75) is 25.7 Å². The molecule has 1 aliphatic rings. The van der Waals surface area contributed by atoms with E-state index in [0.717, 1.165) is 0 Å². The maximum absolute atomic E-state index is 11.6. The highest BCUT2D eigenvalue weighted by atomic mass is 32.2. The Labute approximate surface area is 97.3 Å². The second-order valence-electron chi connectivity index (χ2n) is 3.83. The van der Waals surface area contributed by atoms with Gasteiger partial charge in [0.05, 0.1) is 0 Å². The van der Waals surface area contributed by atoms with Crippen LogP contribution in [0.25, 0.3) is 0 Å². The average Bonchev–Trinajstić information content (AvgIpc) is 2.25. The van der Waals surface area contributed by atoms with E-state index in [-0.39, 0.29) is 12.3 Å². The molecular formula is C10H17NO4S. The molecule has 0 radical (unpaired) electrons. The molecule has 0 bridgehead atoms. The van der Waals surface area contributed by atoms with Crippen LogP contribution < -0.4 is 0 Å². The third kappa shape index (κ3) is 4.74. The van der Waals surface area contributed by atoms with Crippen LogP contribution in [0.4, 0.5) is 0 Å². The fourth-order valence-corrected chi connectivity index (χ4v) is 2.65. The topological polar surface area (TPSA) is 74.7 Å². The SMILES string of the molecule is O=C(O)CCCCC(=O)N1CCS(=O)CC1. The Morgan fingerprint density at radius 3 is 2.25 bits per heavy atom. The van der Waals surface area contributed by atoms with Gasteiger partial charge in [0.2, 0.25) is 5.91 Å². The van der Waals surface area contributed by atoms with Crippen LogP contribution in [0.5, 0.6) is 0 Å². The summed E-state index contributed by atoms with van der Waals surface area (Å²) in [6, 6.07) is 0. The lowest BCUT2D eigenvalue weighted by atomic mass is 10.2. The molecule has 1 N–H and O–H groups in total. The average molecular weight is 247 g/mol. The fraction of sp³-hybridized carbons (Fsp3) is 0.800. The molecule has 1 heterocycles. The molecule has 0 unspecified atom stereocenters. The van der Waals surface area contributed by atoms with Gasteiger partial charge in [0.15, 0.2) is 0 Å². The van der Waals surface area contributed by atoms with Gasteiger partial charge in [-0.2, -0.15) is 0 Å². The Morgan fingerprint density at radius 2 is 1.69 bits per heavy atom. The number of carboxylic acids is 1. The van der Waals surface area contributed by atoms with Gasteiger partial charge in [0.25, 0.3) is 0 Å². The minimum absolute atomic E-state index is 0.0575. The molecule has 1 saturated heterocycles. The number of rotatable bonds is 5. The van der Waals surface area contributed by atoms with Crippen molar-refractivity contribution in [1.29, 1.82) is 0 Å². The second-order valence-corrected chi connectivity index (χ2v) is 5.53. The molecule has 6 heteroatoms. The zero-order valence-electron chi connectivity index (χ0n) is 9.18. The van der Waals surface area contributed by atoms with E-state index in [0.29, 0.717) is 43.9 Å². The van der Waals surface area contributed by atoms with Gasteiger partial charge in [-0.25, -0.2) is 0 Å². The number of carboxylic acid groups (broad SMARTS) is 1. The summed E-state index contributed by atoms with van der Waals surface area (Å²) in [6.07, 6.45) is 1.68. The number of hydrogen-bond donors (Lipinski definition) is 1. The molecule has 0 atom stereocenters. The number of unbranched alkanes of at least 4 members (excludes halogenated alkanes) is 1. The normalized spacial score (nSPS) is 17.4. The van der Waals surface area contributed by atoms with E-state index in [1.165, 1.54) is 0 Å². The first-order chi connectivity index (χ1) is 7.59. The summed E-state index contributed by atoms with van der Waals surface area (Å²) < 4.78 is 11.1. The lowest BCUT2D eigenvalue weighted by molar-refractivity contribution is -0.137. The predicted octanol–water partition coefficient (Wildman–Crippen LogP) is 0.222. The van der Waals surface area contributed by atoms with Gasteiger partial charge in [0.1, 0.15) is 0 Å². The van der Waals surface area contributed by atoms with Crippen LogP contribution in [0.15, 0.2) is 0 Å². The van der Waals surface area contributed by atoms with Crippen LogP contribution in [0, 0.1) is 0 Å². The summed E-state index contributed by atoms with van der Waals surface area (Å²) in [4.78, 5) is 23.6. The van der Waals surface area contributed by atoms with Crippen molar-refractivity contribution in [3.63, 3.8) is 0 Å². The lowest BCUT2D eigenvalue weighted by Gasteiger charge is -2.26. The van der Waals surface area contributed by atoms with Gasteiger partial charge in [-0.15, -0.1) is 0 Å². The molecule has 0 aromatic carbocycles. The highest BCUT2D eigenvalue weighted by molar-refractivity contribution is 7.85. The number of aliphatic carboxylic acids is 1. The summed E-state index contributed by atoms with van der Waals surface area (Å²) >= 11 is 0. The number of nitrogens with zero attached hydrogens (tertiary/aromatic N) is 1. The largest absolute Gasteiger partial charge is 0.481 e. The van der Waals surface area contributed by atoms with Crippen molar-refractivity contribution in [1.82, 2.24) is 4.90 Å². The fourth-order valence-electron chi connectivity index (χ4n) is 1.60. The Morgan fingerprint density at radius 1 is 1.12 bits per heavy atom. The Hall–Kier alpha value is -0.910. The van der Waals surface area contributed by atoms with Crippen LogP contribution >= 0.6 is 0 Å². The van der Waals surface area contributed by atoms with Gasteiger partial charge < -0.3 is 10.0 Å². The van der Waals surface area contributed by atoms with E-state index in [9.17, 15) is 13.8 Å². The van der Waals surface area contributed by atoms with Crippen LogP contribution in [-0.2, 0) is 20.4 Å². The van der Waals surface area contributed by atoms with E-state index in [1.54, 1.807) is 4.90 Å². The number of hydrogen-bond acceptors (Lipinski definition) is 3. The van der Waals surface area contributed by atoms with Gasteiger partial charge in [0, 0.05) is 48.2 Å². The van der Waals surface area contributed by atoms with Crippen molar-refractivity contribution >= 4 is 22.7 Å². The van der Waals surface area contributed by atoms with Crippen LogP contribution in [0.1, 0.15) is 25.7 Å². The van der Waals surface area contributed by atoms with Crippen molar-refractivity contribution in [2.75, 3.05) is 24.6 Å². The Kier molecular flexibility index (Phi) is 5.45. The molecule has 0 aromatic heterocycles. The van der Waals surface area contributed by atoms with E-state index < -0.39 is 16.8 Å². The first kappa shape index (κ1) is 13.2. The zero-order chi connectivity index (χ0) is 12.0. The molecule has 1 fully saturated rings. The molecule has 16 heavy (non-hydrogen) atoms. The highest BCUT2D eigenvalue weighted by Gasteiger charge is 2.19. The van der Waals surface area contributed by atoms with E-state index in [2.05, 4.69) is 0 Å². The van der Waals surface area contributed by atoms with Crippen molar-refractivity contribution < 1.29 is 18.9 Å². The minimum atomic E-state index is -0.819. The maximum Gasteiger partial charge on any atom is 0.303 e. The summed E-state index contributed by atoms with van der Waals surface area (Å²) in [6.45, 7) is 1.15. The highest BCUT2D eigenvalue weighted by Crippen LogP contribution is 2.06. The van der Waals surface area contributed by atoms with Crippen molar-refractivity contribution in [3.8, 4) is 0 Å². The van der Waals surface area contributed by atoms with E-state index in [1.807, 2.05) is 0 Å². The molecule has 5 nitrogen and oxygen atoms in total. The molecular weight excluding hydrogens is 230 g/mol. The summed E-state index contributed by atoms with van der Waals surface area (Å²) in [5, 5.41) is 8.43. The first-order valence-corrected chi connectivity index (χ1v) is 6.93. The third-order valence-electron chi connectivity index (χ3n) is 2.56. The van der Waals surface area contributed by atoms with E-state index in [4.69, 9.17) is 5.11 Å². The molecule has 92 valence electrons. The molecule has 0 saturated carbocycles. The smallest absolute Gasteiger partial charge is 0.303 e. The molecule has 1 rings (SSSR count). The summed E-state index contributed by atoms with van der Waals surface area (Å²) in [5.74, 6) is 0.379. The van der Waals surface area contributed by atoms with Crippen LogP contribution in [-0.4, -0.2) is 50.7 Å². The maximum atomic E-state index is 11.6. The summed E-state index contributed by atoms with van der Waals surface area (Å²) in [5.41, 5.74) is 0. The van der Waals surface area contributed by atoms with Crippen LogP contribution in [0.2, 0.25) is 0 Å². The third-order valence-corrected chi connectivity index (χ3v) is 3.84. The zero-order valence-corrected chi connectivity index (χ0v) is 10.0. The molecule has 1 aliphatic heterocycles. The Balaban J connectivity index is 2.15. The monoisotopic (exact) mass is 247 g/mol. The molecule has 1 amide bonds. The van der Waals surface area contributed by atoms with Crippen molar-refractivity contribution in [3.05, 3.63) is 0 Å². The first-order valence-electron chi connectivity index (χ1n) is 5.44. The van der Waals surface area contributed by atoms with Crippen LogP contribution in [0.3, 0.4) is 0 Å². The van der Waals surface area contributed by atoms with Gasteiger partial charge in [-0.05, 0) is 12.8 Å². The van der Waals surface area contributed by atoms with Gasteiger partial charge in [-0.1, -0.05) is 0 Å². The predicted molar refractivity (Wildman–Crippen MR) is 60.6 cm³/mol. The summed E-state index contributed by atoms with van der Waals surface area (Å²) in [7, 11) is -0.763. The second kappa shape index (κ2) is 6.62. The Bertz CT molecular complexity index is 283. The number of amides is 1. The standard InChI is InChI=1S/C10H17NO4S/c12-9(3-1-2-4-10(13)14)11-5-7-16(15)8-6-11/h1-8H2,(H,13,14). The lowest BCUT2D eigenvalue weighted by Crippen LogP contribution is -2.41. The number of carbonyl (C=O) groups is 2. The molecule has 0 aromatic rings. The molecule has 0 spiro atoms.